The molecule has 0 saturated heterocycles. The van der Waals surface area contributed by atoms with Crippen LogP contribution in [0.5, 0.6) is 11.5 Å². The minimum atomic E-state index is 0.907. The number of hydrogen-bond donors (Lipinski definition) is 0. The second-order valence-electron chi connectivity index (χ2n) is 4.89. The minimum Gasteiger partial charge on any atom is -0.497 e. The lowest BCUT2D eigenvalue weighted by Crippen LogP contribution is -1.84. The topological polar surface area (TPSA) is 18.5 Å². The first-order valence-corrected chi connectivity index (χ1v) is 9.62. The van der Waals surface area contributed by atoms with Crippen molar-refractivity contribution in [3.8, 4) is 11.5 Å². The number of ether oxygens (including phenoxy) is 2. The van der Waals surface area contributed by atoms with Gasteiger partial charge in [0.2, 0.25) is 0 Å². The van der Waals surface area contributed by atoms with E-state index < -0.39 is 0 Å². The highest BCUT2D eigenvalue weighted by Gasteiger charge is 1.95. The van der Waals surface area contributed by atoms with Crippen LogP contribution in [0, 0.1) is 0 Å². The van der Waals surface area contributed by atoms with Gasteiger partial charge < -0.3 is 9.47 Å². The molecule has 0 radical (unpaired) electrons. The molecule has 0 unspecified atom stereocenters. The molecule has 0 fully saturated rings. The molecule has 2 aromatic rings. The molecule has 4 heteroatoms. The van der Waals surface area contributed by atoms with Gasteiger partial charge in [0.25, 0.3) is 0 Å². The lowest BCUT2D eigenvalue weighted by molar-refractivity contribution is 0.414. The molecule has 0 heterocycles. The summed E-state index contributed by atoms with van der Waals surface area (Å²) >= 11 is 3.73. The summed E-state index contributed by atoms with van der Waals surface area (Å²) in [6, 6.07) is 16.5. The van der Waals surface area contributed by atoms with E-state index in [1.54, 1.807) is 14.2 Å². The molecule has 2 rings (SSSR count). The monoisotopic (exact) mass is 346 g/mol. The van der Waals surface area contributed by atoms with Crippen LogP contribution in [0.1, 0.15) is 11.1 Å². The van der Waals surface area contributed by atoms with Gasteiger partial charge in [-0.1, -0.05) is 30.3 Å². The van der Waals surface area contributed by atoms with E-state index in [9.17, 15) is 0 Å². The van der Waals surface area contributed by atoms with Gasteiger partial charge in [-0.25, -0.2) is 0 Å². The van der Waals surface area contributed by atoms with E-state index >= 15 is 0 Å². The summed E-state index contributed by atoms with van der Waals surface area (Å²) in [5.41, 5.74) is 2.64. The van der Waals surface area contributed by atoms with Crippen molar-refractivity contribution in [2.45, 2.75) is 11.5 Å². The second kappa shape index (κ2) is 10.3. The normalized spacial score (nSPS) is 10.9. The molecule has 23 heavy (non-hydrogen) atoms. The van der Waals surface area contributed by atoms with Crippen molar-refractivity contribution in [3.63, 3.8) is 0 Å². The van der Waals surface area contributed by atoms with Crippen molar-refractivity contribution in [1.82, 2.24) is 0 Å². The molecule has 122 valence electrons. The Balaban J connectivity index is 1.60. The minimum absolute atomic E-state index is 0.907. The molecule has 0 aromatic heterocycles. The van der Waals surface area contributed by atoms with Gasteiger partial charge in [-0.3, -0.25) is 0 Å². The van der Waals surface area contributed by atoms with Crippen LogP contribution in [-0.4, -0.2) is 20.0 Å². The Morgan fingerprint density at radius 1 is 0.783 bits per heavy atom. The predicted octanol–water partition coefficient (Wildman–Crippen LogP) is 5.38. The van der Waals surface area contributed by atoms with Crippen molar-refractivity contribution in [3.05, 3.63) is 71.1 Å². The zero-order valence-corrected chi connectivity index (χ0v) is 15.2. The standard InChI is InChI=1S/C19H22O2S2/c1-20-18-8-4-16(5-9-18)14-22-12-3-13-23-15-17-6-10-19(21-2)11-7-17/h3-12H,13-15H2,1-2H3/b12-3-. The summed E-state index contributed by atoms with van der Waals surface area (Å²) in [5.74, 6) is 4.86. The van der Waals surface area contributed by atoms with Gasteiger partial charge in [0.15, 0.2) is 0 Å². The van der Waals surface area contributed by atoms with Crippen molar-refractivity contribution in [2.75, 3.05) is 20.0 Å². The zero-order chi connectivity index (χ0) is 16.3. The van der Waals surface area contributed by atoms with Crippen LogP contribution in [0.4, 0.5) is 0 Å². The number of rotatable bonds is 9. The molecule has 0 N–H and O–H groups in total. The lowest BCUT2D eigenvalue weighted by atomic mass is 10.2. The van der Waals surface area contributed by atoms with Gasteiger partial charge >= 0.3 is 0 Å². The molecule has 0 aliphatic rings. The van der Waals surface area contributed by atoms with Gasteiger partial charge in [-0.15, -0.1) is 11.8 Å². The molecule has 0 aliphatic heterocycles. The Bertz CT molecular complexity index is 592. The van der Waals surface area contributed by atoms with Crippen LogP contribution >= 0.6 is 23.5 Å². The maximum Gasteiger partial charge on any atom is 0.118 e. The Labute approximate surface area is 147 Å². The van der Waals surface area contributed by atoms with E-state index in [0.29, 0.717) is 0 Å². The summed E-state index contributed by atoms with van der Waals surface area (Å²) in [4.78, 5) is 0. The Morgan fingerprint density at radius 2 is 1.30 bits per heavy atom. The highest BCUT2D eigenvalue weighted by molar-refractivity contribution is 8.01. The van der Waals surface area contributed by atoms with Gasteiger partial charge in [0, 0.05) is 17.3 Å². The number of methoxy groups -OCH3 is 2. The molecule has 2 aromatic carbocycles. The Kier molecular flexibility index (Phi) is 7.98. The lowest BCUT2D eigenvalue weighted by Gasteiger charge is -2.02. The van der Waals surface area contributed by atoms with Crippen LogP contribution in [0.3, 0.4) is 0 Å². The highest BCUT2D eigenvalue weighted by Crippen LogP contribution is 2.19. The van der Waals surface area contributed by atoms with Crippen LogP contribution in [0.2, 0.25) is 0 Å². The summed E-state index contributed by atoms with van der Waals surface area (Å²) in [6.07, 6.45) is 2.22. The highest BCUT2D eigenvalue weighted by atomic mass is 32.2. The van der Waals surface area contributed by atoms with E-state index in [-0.39, 0.29) is 0 Å². The first-order valence-electron chi connectivity index (χ1n) is 7.42. The number of benzene rings is 2. The predicted molar refractivity (Wildman–Crippen MR) is 103 cm³/mol. The molecule has 0 atom stereocenters. The second-order valence-corrected chi connectivity index (χ2v) is 6.82. The Hall–Kier alpha value is -1.52. The average molecular weight is 347 g/mol. The molecule has 2 nitrogen and oxygen atoms in total. The van der Waals surface area contributed by atoms with Crippen LogP contribution in [-0.2, 0) is 11.5 Å². The van der Waals surface area contributed by atoms with Crippen LogP contribution < -0.4 is 9.47 Å². The fourth-order valence-corrected chi connectivity index (χ4v) is 3.55. The van der Waals surface area contributed by atoms with Gasteiger partial charge in [-0.2, -0.15) is 11.8 Å². The van der Waals surface area contributed by atoms with E-state index in [4.69, 9.17) is 9.47 Å². The van der Waals surface area contributed by atoms with E-state index in [0.717, 1.165) is 28.8 Å². The molecule has 0 saturated carbocycles. The Morgan fingerprint density at radius 3 is 1.83 bits per heavy atom. The molecule has 0 aliphatic carbocycles. The average Bonchev–Trinajstić information content (AvgIpc) is 2.62. The maximum atomic E-state index is 5.16. The molecule has 0 bridgehead atoms. The van der Waals surface area contributed by atoms with Gasteiger partial charge in [-0.05, 0) is 40.8 Å². The summed E-state index contributed by atoms with van der Waals surface area (Å²) in [7, 11) is 3.38. The van der Waals surface area contributed by atoms with E-state index in [2.05, 4.69) is 35.7 Å². The smallest absolute Gasteiger partial charge is 0.118 e. The first-order chi connectivity index (χ1) is 11.3. The van der Waals surface area contributed by atoms with Crippen molar-refractivity contribution in [1.29, 1.82) is 0 Å². The third kappa shape index (κ3) is 6.63. The molecular weight excluding hydrogens is 324 g/mol. The molecule has 0 spiro atoms. The first kappa shape index (κ1) is 17.8. The van der Waals surface area contributed by atoms with Crippen LogP contribution in [0.15, 0.2) is 60.0 Å². The largest absolute Gasteiger partial charge is 0.497 e. The zero-order valence-electron chi connectivity index (χ0n) is 13.5. The molecular formula is C19H22O2S2. The SMILES string of the molecule is COc1ccc(CS/C=C\CSCc2ccc(OC)cc2)cc1. The fraction of sp³-hybridized carbons (Fsp3) is 0.263. The van der Waals surface area contributed by atoms with Crippen molar-refractivity contribution >= 4 is 23.5 Å². The summed E-state index contributed by atoms with van der Waals surface area (Å²) in [5, 5.41) is 2.19. The van der Waals surface area contributed by atoms with Gasteiger partial charge in [0.1, 0.15) is 11.5 Å². The van der Waals surface area contributed by atoms with Gasteiger partial charge in [0.05, 0.1) is 14.2 Å². The summed E-state index contributed by atoms with van der Waals surface area (Å²) in [6.45, 7) is 0. The molecule has 0 amide bonds. The third-order valence-electron chi connectivity index (χ3n) is 3.24. The third-order valence-corrected chi connectivity index (χ3v) is 5.09. The van der Waals surface area contributed by atoms with E-state index in [1.807, 2.05) is 47.8 Å². The van der Waals surface area contributed by atoms with E-state index in [1.165, 1.54) is 11.1 Å². The quantitative estimate of drug-likeness (QED) is 0.567. The number of hydrogen-bond acceptors (Lipinski definition) is 4. The van der Waals surface area contributed by atoms with Crippen LogP contribution in [0.25, 0.3) is 0 Å². The maximum absolute atomic E-state index is 5.16. The summed E-state index contributed by atoms with van der Waals surface area (Å²) < 4.78 is 10.3. The van der Waals surface area contributed by atoms with Crippen molar-refractivity contribution in [2.24, 2.45) is 0 Å². The number of thioether (sulfide) groups is 2. The fourth-order valence-electron chi connectivity index (χ4n) is 1.94. The van der Waals surface area contributed by atoms with Crippen molar-refractivity contribution < 1.29 is 9.47 Å².